The lowest BCUT2D eigenvalue weighted by atomic mass is 10.3. The summed E-state index contributed by atoms with van der Waals surface area (Å²) in [5.41, 5.74) is 2.95. The Hall–Kier alpha value is -3.16. The minimum atomic E-state index is 0. The SMILES string of the molecule is Cl.c1ccc(Oc2ccc(-n3ccnc3-c3cc4n(n3)CCNC4)cn2)cc1. The van der Waals surface area contributed by atoms with Crippen LogP contribution in [0.5, 0.6) is 11.6 Å². The summed E-state index contributed by atoms with van der Waals surface area (Å²) in [5.74, 6) is 2.11. The van der Waals surface area contributed by atoms with Crippen molar-refractivity contribution in [1.82, 2.24) is 29.6 Å². The van der Waals surface area contributed by atoms with Crippen LogP contribution in [0.3, 0.4) is 0 Å². The molecule has 0 amide bonds. The van der Waals surface area contributed by atoms with Gasteiger partial charge >= 0.3 is 0 Å². The average molecular weight is 395 g/mol. The van der Waals surface area contributed by atoms with Gasteiger partial charge in [0, 0.05) is 31.5 Å². The van der Waals surface area contributed by atoms with E-state index >= 15 is 0 Å². The molecule has 0 aliphatic carbocycles. The maximum atomic E-state index is 5.76. The first-order chi connectivity index (χ1) is 13.4. The number of nitrogens with one attached hydrogen (secondary N) is 1. The summed E-state index contributed by atoms with van der Waals surface area (Å²) in [5, 5.41) is 8.06. The van der Waals surface area contributed by atoms with E-state index in [1.807, 2.05) is 57.9 Å². The molecule has 7 nitrogen and oxygen atoms in total. The lowest BCUT2D eigenvalue weighted by molar-refractivity contribution is 0.463. The third kappa shape index (κ3) is 3.49. The van der Waals surface area contributed by atoms with Crippen molar-refractivity contribution in [1.29, 1.82) is 0 Å². The van der Waals surface area contributed by atoms with E-state index in [2.05, 4.69) is 21.4 Å². The summed E-state index contributed by atoms with van der Waals surface area (Å²) in [4.78, 5) is 8.93. The zero-order chi connectivity index (χ0) is 18.1. The highest BCUT2D eigenvalue weighted by Gasteiger charge is 2.16. The van der Waals surface area contributed by atoms with Crippen LogP contribution in [0.4, 0.5) is 0 Å². The lowest BCUT2D eigenvalue weighted by Crippen LogP contribution is -2.28. The van der Waals surface area contributed by atoms with Crippen molar-refractivity contribution < 1.29 is 4.74 Å². The second-order valence-electron chi connectivity index (χ2n) is 6.31. The van der Waals surface area contributed by atoms with E-state index in [1.165, 1.54) is 5.69 Å². The Labute approximate surface area is 168 Å². The largest absolute Gasteiger partial charge is 0.439 e. The first-order valence-corrected chi connectivity index (χ1v) is 8.87. The fourth-order valence-corrected chi connectivity index (χ4v) is 3.19. The van der Waals surface area contributed by atoms with E-state index in [9.17, 15) is 0 Å². The number of benzene rings is 1. The zero-order valence-corrected chi connectivity index (χ0v) is 15.8. The van der Waals surface area contributed by atoms with Crippen molar-refractivity contribution in [2.24, 2.45) is 0 Å². The molecule has 1 aliphatic heterocycles. The fraction of sp³-hybridized carbons (Fsp3) is 0.150. The number of para-hydroxylation sites is 1. The maximum absolute atomic E-state index is 5.76. The Bertz CT molecular complexity index is 1030. The molecule has 142 valence electrons. The first-order valence-electron chi connectivity index (χ1n) is 8.87. The van der Waals surface area contributed by atoms with E-state index in [0.29, 0.717) is 5.88 Å². The molecular formula is C20H19ClN6O. The number of fused-ring (bicyclic) bond motifs is 1. The van der Waals surface area contributed by atoms with Crippen LogP contribution in [0.25, 0.3) is 17.2 Å². The highest BCUT2D eigenvalue weighted by Crippen LogP contribution is 2.24. The van der Waals surface area contributed by atoms with Gasteiger partial charge in [-0.1, -0.05) is 18.2 Å². The number of rotatable bonds is 4. The molecule has 0 spiro atoms. The molecule has 0 fully saturated rings. The molecule has 0 bridgehead atoms. The number of nitrogens with zero attached hydrogens (tertiary/aromatic N) is 5. The Kier molecular flexibility index (Phi) is 5.10. The Morgan fingerprint density at radius 3 is 2.71 bits per heavy atom. The fourth-order valence-electron chi connectivity index (χ4n) is 3.19. The normalized spacial score (nSPS) is 12.9. The average Bonchev–Trinajstić information content (AvgIpc) is 3.36. The maximum Gasteiger partial charge on any atom is 0.219 e. The molecular weight excluding hydrogens is 376 g/mol. The van der Waals surface area contributed by atoms with Crippen molar-refractivity contribution in [3.63, 3.8) is 0 Å². The molecule has 5 rings (SSSR count). The van der Waals surface area contributed by atoms with Crippen LogP contribution in [-0.4, -0.2) is 30.9 Å². The van der Waals surface area contributed by atoms with Crippen LogP contribution in [0.1, 0.15) is 5.69 Å². The van der Waals surface area contributed by atoms with Gasteiger partial charge in [0.25, 0.3) is 0 Å². The van der Waals surface area contributed by atoms with Gasteiger partial charge in [-0.3, -0.25) is 9.25 Å². The van der Waals surface area contributed by atoms with Gasteiger partial charge in [-0.15, -0.1) is 12.4 Å². The standard InChI is InChI=1S/C20H18N6O.ClH/c1-2-4-17(5-3-1)27-19-7-6-15(14-23-19)25-10-9-22-20(25)18-12-16-13-21-8-11-26(16)24-18;/h1-7,9-10,12,14,21H,8,11,13H2;1H. The molecule has 0 atom stereocenters. The summed E-state index contributed by atoms with van der Waals surface area (Å²) >= 11 is 0. The van der Waals surface area contributed by atoms with Gasteiger partial charge in [0.1, 0.15) is 11.4 Å². The number of aromatic nitrogens is 5. The predicted octanol–water partition coefficient (Wildman–Crippen LogP) is 3.45. The van der Waals surface area contributed by atoms with Gasteiger partial charge in [-0.25, -0.2) is 9.97 Å². The van der Waals surface area contributed by atoms with Crippen LogP contribution in [-0.2, 0) is 13.1 Å². The molecule has 28 heavy (non-hydrogen) atoms. The highest BCUT2D eigenvalue weighted by molar-refractivity contribution is 5.85. The number of hydrogen-bond acceptors (Lipinski definition) is 5. The predicted molar refractivity (Wildman–Crippen MR) is 108 cm³/mol. The monoisotopic (exact) mass is 394 g/mol. The van der Waals surface area contributed by atoms with E-state index in [0.717, 1.165) is 42.6 Å². The molecule has 4 aromatic rings. The second-order valence-corrected chi connectivity index (χ2v) is 6.31. The van der Waals surface area contributed by atoms with E-state index in [1.54, 1.807) is 12.4 Å². The van der Waals surface area contributed by atoms with E-state index < -0.39 is 0 Å². The highest BCUT2D eigenvalue weighted by atomic mass is 35.5. The van der Waals surface area contributed by atoms with E-state index in [-0.39, 0.29) is 12.4 Å². The summed E-state index contributed by atoms with van der Waals surface area (Å²) in [7, 11) is 0. The molecule has 1 aliphatic rings. The van der Waals surface area contributed by atoms with E-state index in [4.69, 9.17) is 9.84 Å². The van der Waals surface area contributed by atoms with Gasteiger partial charge < -0.3 is 10.1 Å². The van der Waals surface area contributed by atoms with Gasteiger partial charge in [-0.2, -0.15) is 5.10 Å². The molecule has 0 saturated heterocycles. The second kappa shape index (κ2) is 7.84. The Balaban J connectivity index is 0.00000192. The summed E-state index contributed by atoms with van der Waals surface area (Å²) < 4.78 is 9.79. The number of imidazole rings is 1. The van der Waals surface area contributed by atoms with Crippen molar-refractivity contribution >= 4 is 12.4 Å². The molecule has 0 radical (unpaired) electrons. The van der Waals surface area contributed by atoms with Gasteiger partial charge in [-0.05, 0) is 24.3 Å². The molecule has 1 N–H and O–H groups in total. The number of hydrogen-bond donors (Lipinski definition) is 1. The summed E-state index contributed by atoms with van der Waals surface area (Å²) in [6.45, 7) is 2.65. The molecule has 3 aromatic heterocycles. The Morgan fingerprint density at radius 2 is 1.93 bits per heavy atom. The molecule has 1 aromatic carbocycles. The summed E-state index contributed by atoms with van der Waals surface area (Å²) in [6.07, 6.45) is 5.47. The van der Waals surface area contributed by atoms with Crippen LogP contribution < -0.4 is 10.1 Å². The van der Waals surface area contributed by atoms with Gasteiger partial charge in [0.05, 0.1) is 24.1 Å². The van der Waals surface area contributed by atoms with Gasteiger partial charge in [0.2, 0.25) is 5.88 Å². The molecule has 4 heterocycles. The number of pyridine rings is 1. The van der Waals surface area contributed by atoms with Crippen molar-refractivity contribution in [2.45, 2.75) is 13.1 Å². The number of halogens is 1. The third-order valence-corrected chi connectivity index (χ3v) is 4.50. The van der Waals surface area contributed by atoms with Gasteiger partial charge in [0.15, 0.2) is 5.82 Å². The van der Waals surface area contributed by atoms with Crippen molar-refractivity contribution in [3.8, 4) is 28.8 Å². The van der Waals surface area contributed by atoms with Crippen molar-refractivity contribution in [2.75, 3.05) is 6.54 Å². The smallest absolute Gasteiger partial charge is 0.219 e. The third-order valence-electron chi connectivity index (χ3n) is 4.50. The summed E-state index contributed by atoms with van der Waals surface area (Å²) in [6, 6.07) is 15.5. The topological polar surface area (TPSA) is 69.8 Å². The quantitative estimate of drug-likeness (QED) is 0.574. The molecule has 8 heteroatoms. The minimum Gasteiger partial charge on any atom is -0.439 e. The van der Waals surface area contributed by atoms with Crippen LogP contribution >= 0.6 is 12.4 Å². The first kappa shape index (κ1) is 18.2. The molecule has 0 unspecified atom stereocenters. The van der Waals surface area contributed by atoms with Crippen LogP contribution in [0.2, 0.25) is 0 Å². The minimum absolute atomic E-state index is 0. The van der Waals surface area contributed by atoms with Crippen LogP contribution in [0, 0.1) is 0 Å². The Morgan fingerprint density at radius 1 is 1.04 bits per heavy atom. The lowest BCUT2D eigenvalue weighted by Gasteiger charge is -2.13. The van der Waals surface area contributed by atoms with Crippen LogP contribution in [0.15, 0.2) is 67.1 Å². The number of ether oxygens (including phenoxy) is 1. The molecule has 0 saturated carbocycles. The van der Waals surface area contributed by atoms with Crippen molar-refractivity contribution in [3.05, 3.63) is 72.8 Å². The zero-order valence-electron chi connectivity index (χ0n) is 15.0.